The lowest BCUT2D eigenvalue weighted by atomic mass is 10.00. The summed E-state index contributed by atoms with van der Waals surface area (Å²) in [5.74, 6) is 2.31. The standard InChI is InChI=1S/C16H21NO/c1-2-15(11-6-4-3-5-7-11)17-16(18)14-9-12-8-13(12)10-14/h3-7,12-15H,2,8-10H2,1H3,(H,17,18). The fourth-order valence-corrected chi connectivity index (χ4v) is 3.32. The van der Waals surface area contributed by atoms with Crippen LogP contribution in [0.25, 0.3) is 0 Å². The van der Waals surface area contributed by atoms with E-state index in [-0.39, 0.29) is 17.9 Å². The Labute approximate surface area is 109 Å². The zero-order chi connectivity index (χ0) is 12.5. The lowest BCUT2D eigenvalue weighted by Gasteiger charge is -2.20. The van der Waals surface area contributed by atoms with Crippen LogP contribution in [0.3, 0.4) is 0 Å². The van der Waals surface area contributed by atoms with E-state index in [2.05, 4.69) is 24.4 Å². The zero-order valence-corrected chi connectivity index (χ0v) is 10.9. The Morgan fingerprint density at radius 2 is 1.89 bits per heavy atom. The maximum atomic E-state index is 12.2. The number of fused-ring (bicyclic) bond motifs is 1. The van der Waals surface area contributed by atoms with Crippen molar-refractivity contribution in [3.8, 4) is 0 Å². The Morgan fingerprint density at radius 1 is 1.22 bits per heavy atom. The number of amides is 1. The topological polar surface area (TPSA) is 29.1 Å². The van der Waals surface area contributed by atoms with E-state index in [1.54, 1.807) is 0 Å². The van der Waals surface area contributed by atoms with Crippen molar-refractivity contribution in [3.05, 3.63) is 35.9 Å². The minimum absolute atomic E-state index is 0.177. The van der Waals surface area contributed by atoms with Crippen molar-refractivity contribution >= 4 is 5.91 Å². The fourth-order valence-electron chi connectivity index (χ4n) is 3.32. The molecule has 0 heterocycles. The van der Waals surface area contributed by atoms with Crippen molar-refractivity contribution in [2.45, 2.75) is 38.6 Å². The molecule has 0 aliphatic heterocycles. The molecule has 1 aromatic rings. The maximum Gasteiger partial charge on any atom is 0.223 e. The van der Waals surface area contributed by atoms with Crippen LogP contribution in [-0.4, -0.2) is 5.91 Å². The third-order valence-electron chi connectivity index (χ3n) is 4.54. The summed E-state index contributed by atoms with van der Waals surface area (Å²) in [5.41, 5.74) is 1.22. The number of rotatable bonds is 4. The van der Waals surface area contributed by atoms with Gasteiger partial charge in [0.25, 0.3) is 0 Å². The summed E-state index contributed by atoms with van der Waals surface area (Å²) in [6.07, 6.45) is 4.58. The number of hydrogen-bond donors (Lipinski definition) is 1. The van der Waals surface area contributed by atoms with Gasteiger partial charge in [-0.1, -0.05) is 37.3 Å². The summed E-state index contributed by atoms with van der Waals surface area (Å²) in [6, 6.07) is 10.5. The zero-order valence-electron chi connectivity index (χ0n) is 10.9. The second-order valence-corrected chi connectivity index (χ2v) is 5.80. The Bertz CT molecular complexity index is 418. The summed E-state index contributed by atoms with van der Waals surface area (Å²) in [4.78, 5) is 12.2. The molecule has 2 aliphatic rings. The first-order chi connectivity index (χ1) is 8.78. The molecule has 0 radical (unpaired) electrons. The summed E-state index contributed by atoms with van der Waals surface area (Å²) in [6.45, 7) is 2.13. The molecule has 2 aliphatic carbocycles. The molecule has 0 spiro atoms. The van der Waals surface area contributed by atoms with Gasteiger partial charge in [0.15, 0.2) is 0 Å². The van der Waals surface area contributed by atoms with Crippen molar-refractivity contribution in [2.75, 3.05) is 0 Å². The van der Waals surface area contributed by atoms with Crippen LogP contribution in [-0.2, 0) is 4.79 Å². The molecule has 3 unspecified atom stereocenters. The van der Waals surface area contributed by atoms with Crippen molar-refractivity contribution in [1.82, 2.24) is 5.32 Å². The average molecular weight is 243 g/mol. The van der Waals surface area contributed by atoms with E-state index >= 15 is 0 Å². The minimum Gasteiger partial charge on any atom is -0.349 e. The van der Waals surface area contributed by atoms with Gasteiger partial charge in [-0.3, -0.25) is 4.79 Å². The summed E-state index contributed by atoms with van der Waals surface area (Å²) in [7, 11) is 0. The van der Waals surface area contributed by atoms with E-state index in [1.165, 1.54) is 12.0 Å². The molecular formula is C16H21NO. The Hall–Kier alpha value is -1.31. The first kappa shape index (κ1) is 11.8. The van der Waals surface area contributed by atoms with Gasteiger partial charge in [0.2, 0.25) is 5.91 Å². The van der Waals surface area contributed by atoms with Gasteiger partial charge in [0.05, 0.1) is 6.04 Å². The lowest BCUT2D eigenvalue weighted by Crippen LogP contribution is -2.33. The van der Waals surface area contributed by atoms with Crippen LogP contribution in [0.15, 0.2) is 30.3 Å². The number of carbonyl (C=O) groups excluding carboxylic acids is 1. The molecule has 2 nitrogen and oxygen atoms in total. The molecule has 3 atom stereocenters. The maximum absolute atomic E-state index is 12.2. The summed E-state index contributed by atoms with van der Waals surface area (Å²) >= 11 is 0. The molecule has 1 aromatic carbocycles. The molecule has 2 heteroatoms. The van der Waals surface area contributed by atoms with Crippen LogP contribution in [0.5, 0.6) is 0 Å². The summed E-state index contributed by atoms with van der Waals surface area (Å²) in [5, 5.41) is 3.23. The second kappa shape index (κ2) is 4.75. The highest BCUT2D eigenvalue weighted by molar-refractivity contribution is 5.79. The van der Waals surface area contributed by atoms with Gasteiger partial charge in [-0.25, -0.2) is 0 Å². The number of hydrogen-bond acceptors (Lipinski definition) is 1. The van der Waals surface area contributed by atoms with Crippen molar-refractivity contribution in [2.24, 2.45) is 17.8 Å². The highest BCUT2D eigenvalue weighted by Crippen LogP contribution is 2.54. The third kappa shape index (κ3) is 2.29. The molecule has 0 bridgehead atoms. The quantitative estimate of drug-likeness (QED) is 0.863. The van der Waals surface area contributed by atoms with Gasteiger partial charge in [0, 0.05) is 5.92 Å². The summed E-state index contributed by atoms with van der Waals surface area (Å²) < 4.78 is 0. The molecular weight excluding hydrogens is 222 g/mol. The molecule has 18 heavy (non-hydrogen) atoms. The van der Waals surface area contributed by atoms with Crippen LogP contribution in [0.4, 0.5) is 0 Å². The first-order valence-electron chi connectivity index (χ1n) is 7.13. The Balaban J connectivity index is 1.61. The Morgan fingerprint density at radius 3 is 2.50 bits per heavy atom. The van der Waals surface area contributed by atoms with Gasteiger partial charge in [-0.05, 0) is 43.1 Å². The van der Waals surface area contributed by atoms with Crippen LogP contribution in [0.1, 0.15) is 44.2 Å². The monoisotopic (exact) mass is 243 g/mol. The highest BCUT2D eigenvalue weighted by Gasteiger charge is 2.48. The number of nitrogens with one attached hydrogen (secondary N) is 1. The molecule has 1 N–H and O–H groups in total. The van der Waals surface area contributed by atoms with E-state index in [4.69, 9.17) is 0 Å². The van der Waals surface area contributed by atoms with E-state index in [1.807, 2.05) is 18.2 Å². The normalized spacial score (nSPS) is 30.6. The van der Waals surface area contributed by atoms with Crippen LogP contribution >= 0.6 is 0 Å². The second-order valence-electron chi connectivity index (χ2n) is 5.80. The van der Waals surface area contributed by atoms with E-state index < -0.39 is 0 Å². The van der Waals surface area contributed by atoms with Crippen molar-refractivity contribution in [3.63, 3.8) is 0 Å². The Kier molecular flexibility index (Phi) is 3.11. The molecule has 1 amide bonds. The van der Waals surface area contributed by atoms with Crippen LogP contribution in [0, 0.1) is 17.8 Å². The predicted molar refractivity (Wildman–Crippen MR) is 71.9 cm³/mol. The van der Waals surface area contributed by atoms with Crippen molar-refractivity contribution in [1.29, 1.82) is 0 Å². The van der Waals surface area contributed by atoms with E-state index in [0.29, 0.717) is 0 Å². The number of carbonyl (C=O) groups is 1. The van der Waals surface area contributed by atoms with Gasteiger partial charge < -0.3 is 5.32 Å². The molecule has 3 rings (SSSR count). The SMILES string of the molecule is CCC(NC(=O)C1CC2CC2C1)c1ccccc1. The number of benzene rings is 1. The predicted octanol–water partition coefficient (Wildman–Crippen LogP) is 3.30. The smallest absolute Gasteiger partial charge is 0.223 e. The van der Waals surface area contributed by atoms with Crippen LogP contribution in [0.2, 0.25) is 0 Å². The van der Waals surface area contributed by atoms with Crippen LogP contribution < -0.4 is 5.32 Å². The average Bonchev–Trinajstić information content (AvgIpc) is 3.03. The molecule has 0 saturated heterocycles. The van der Waals surface area contributed by atoms with E-state index in [0.717, 1.165) is 31.1 Å². The van der Waals surface area contributed by atoms with Gasteiger partial charge >= 0.3 is 0 Å². The molecule has 2 fully saturated rings. The van der Waals surface area contributed by atoms with Gasteiger partial charge in [-0.2, -0.15) is 0 Å². The van der Waals surface area contributed by atoms with Gasteiger partial charge in [-0.15, -0.1) is 0 Å². The highest BCUT2D eigenvalue weighted by atomic mass is 16.1. The minimum atomic E-state index is 0.177. The lowest BCUT2D eigenvalue weighted by molar-refractivity contribution is -0.125. The van der Waals surface area contributed by atoms with Gasteiger partial charge in [0.1, 0.15) is 0 Å². The molecule has 96 valence electrons. The third-order valence-corrected chi connectivity index (χ3v) is 4.54. The largest absolute Gasteiger partial charge is 0.349 e. The molecule has 2 saturated carbocycles. The molecule has 0 aromatic heterocycles. The van der Waals surface area contributed by atoms with E-state index in [9.17, 15) is 4.79 Å². The first-order valence-corrected chi connectivity index (χ1v) is 7.13. The van der Waals surface area contributed by atoms with Crippen molar-refractivity contribution < 1.29 is 4.79 Å². The fraction of sp³-hybridized carbons (Fsp3) is 0.562.